The molecule has 3 N–H and O–H groups in total. The van der Waals surface area contributed by atoms with Gasteiger partial charge in [-0.3, -0.25) is 19.3 Å². The molecule has 10 nitrogen and oxygen atoms in total. The van der Waals surface area contributed by atoms with Gasteiger partial charge in [0.15, 0.2) is 4.96 Å². The number of aryl methyl sites for hydroxylation is 1. The van der Waals surface area contributed by atoms with Crippen molar-refractivity contribution in [2.75, 3.05) is 5.73 Å². The van der Waals surface area contributed by atoms with Crippen molar-refractivity contribution in [1.29, 1.82) is 0 Å². The fourth-order valence-electron chi connectivity index (χ4n) is 4.48. The molecule has 5 aromatic heterocycles. The molecule has 0 aliphatic heterocycles. The molecule has 11 heteroatoms. The molecule has 6 aromatic rings. The van der Waals surface area contributed by atoms with Crippen LogP contribution < -0.4 is 16.6 Å². The van der Waals surface area contributed by atoms with Crippen molar-refractivity contribution in [1.82, 2.24) is 34.4 Å². The van der Waals surface area contributed by atoms with Gasteiger partial charge >= 0.3 is 0 Å². The first-order chi connectivity index (χ1) is 19.4. The van der Waals surface area contributed by atoms with Gasteiger partial charge in [0.25, 0.3) is 11.5 Å². The second-order valence-corrected chi connectivity index (χ2v) is 9.93. The molecule has 6 rings (SSSR count). The summed E-state index contributed by atoms with van der Waals surface area (Å²) in [6, 6.07) is 12.2. The fourth-order valence-corrected chi connectivity index (χ4v) is 5.30. The predicted molar refractivity (Wildman–Crippen MR) is 154 cm³/mol. The Morgan fingerprint density at radius 1 is 1.10 bits per heavy atom. The molecule has 0 fully saturated rings. The van der Waals surface area contributed by atoms with Crippen LogP contribution in [0.5, 0.6) is 0 Å². The fraction of sp³-hybridized carbons (Fsp3) is 0.103. The van der Waals surface area contributed by atoms with Crippen LogP contribution in [0.3, 0.4) is 0 Å². The summed E-state index contributed by atoms with van der Waals surface area (Å²) in [6.45, 7) is 1.78. The van der Waals surface area contributed by atoms with Crippen molar-refractivity contribution in [3.05, 3.63) is 106 Å². The number of carbonyl (C=O) groups is 1. The Bertz CT molecular complexity index is 2030. The van der Waals surface area contributed by atoms with E-state index >= 15 is 0 Å². The normalized spacial score (nSPS) is 11.8. The number of hydrogen-bond donors (Lipinski definition) is 2. The van der Waals surface area contributed by atoms with Gasteiger partial charge in [0.1, 0.15) is 17.1 Å². The highest BCUT2D eigenvalue weighted by atomic mass is 32.1. The third-order valence-electron chi connectivity index (χ3n) is 6.36. The van der Waals surface area contributed by atoms with E-state index in [9.17, 15) is 9.59 Å². The molecule has 0 unspecified atom stereocenters. The summed E-state index contributed by atoms with van der Waals surface area (Å²) in [5, 5.41) is 9.58. The summed E-state index contributed by atoms with van der Waals surface area (Å²) >= 11 is 1.30. The number of anilines is 1. The molecule has 1 amide bonds. The van der Waals surface area contributed by atoms with Crippen LogP contribution >= 0.6 is 11.3 Å². The van der Waals surface area contributed by atoms with E-state index in [0.717, 1.165) is 5.56 Å². The van der Waals surface area contributed by atoms with Crippen LogP contribution in [0.2, 0.25) is 0 Å². The summed E-state index contributed by atoms with van der Waals surface area (Å²) in [4.78, 5) is 41.3. The van der Waals surface area contributed by atoms with Crippen LogP contribution in [0.1, 0.15) is 40.3 Å². The van der Waals surface area contributed by atoms with Crippen LogP contribution in [0.15, 0.2) is 77.4 Å². The van der Waals surface area contributed by atoms with Crippen LogP contribution in [0, 0.1) is 11.8 Å². The quantitative estimate of drug-likeness (QED) is 0.323. The molecule has 0 aliphatic rings. The Balaban J connectivity index is 1.45. The Hall–Kier alpha value is -5.34. The summed E-state index contributed by atoms with van der Waals surface area (Å²) < 4.78 is 3.17. The van der Waals surface area contributed by atoms with E-state index in [1.807, 2.05) is 43.4 Å². The van der Waals surface area contributed by atoms with Crippen molar-refractivity contribution in [2.45, 2.75) is 13.0 Å². The molecular weight excluding hydrogens is 524 g/mol. The minimum absolute atomic E-state index is 0.0674. The zero-order valence-corrected chi connectivity index (χ0v) is 22.3. The summed E-state index contributed by atoms with van der Waals surface area (Å²) in [6.07, 6.45) is 6.63. The zero-order valence-electron chi connectivity index (χ0n) is 21.5. The Morgan fingerprint density at radius 3 is 2.70 bits per heavy atom. The number of aromatic nitrogens is 6. The van der Waals surface area contributed by atoms with Gasteiger partial charge in [-0.05, 0) is 30.5 Å². The van der Waals surface area contributed by atoms with Crippen molar-refractivity contribution in [3.8, 4) is 23.0 Å². The Morgan fingerprint density at radius 2 is 1.93 bits per heavy atom. The van der Waals surface area contributed by atoms with E-state index in [2.05, 4.69) is 32.2 Å². The number of nitrogens with zero attached hydrogens (tertiary/aromatic N) is 6. The second-order valence-electron chi connectivity index (χ2n) is 9.09. The lowest BCUT2D eigenvalue weighted by Crippen LogP contribution is -2.31. The van der Waals surface area contributed by atoms with Crippen molar-refractivity contribution in [3.63, 3.8) is 0 Å². The molecule has 0 saturated carbocycles. The van der Waals surface area contributed by atoms with Gasteiger partial charge in [-0.15, -0.1) is 11.3 Å². The van der Waals surface area contributed by atoms with Crippen LogP contribution in [0.4, 0.5) is 5.82 Å². The molecule has 0 spiro atoms. The first-order valence-corrected chi connectivity index (χ1v) is 13.2. The molecule has 0 radical (unpaired) electrons. The maximum atomic E-state index is 14.0. The number of amides is 1. The monoisotopic (exact) mass is 546 g/mol. The van der Waals surface area contributed by atoms with Gasteiger partial charge in [-0.1, -0.05) is 36.3 Å². The van der Waals surface area contributed by atoms with Crippen molar-refractivity contribution < 1.29 is 4.79 Å². The first-order valence-electron chi connectivity index (χ1n) is 12.3. The third kappa shape index (κ3) is 4.46. The van der Waals surface area contributed by atoms with E-state index in [-0.39, 0.29) is 16.9 Å². The topological polar surface area (TPSA) is 133 Å². The lowest BCUT2D eigenvalue weighted by atomic mass is 10.0. The molecule has 0 aliphatic carbocycles. The Labute approximate surface area is 232 Å². The summed E-state index contributed by atoms with van der Waals surface area (Å²) in [5.41, 5.74) is 9.16. The number of pyridine rings is 2. The molecular formula is C29H22N8O2S. The third-order valence-corrected chi connectivity index (χ3v) is 7.18. The van der Waals surface area contributed by atoms with E-state index in [1.165, 1.54) is 15.7 Å². The van der Waals surface area contributed by atoms with Gasteiger partial charge in [-0.25, -0.2) is 14.4 Å². The van der Waals surface area contributed by atoms with Gasteiger partial charge in [0, 0.05) is 36.4 Å². The summed E-state index contributed by atoms with van der Waals surface area (Å²) in [7, 11) is 1.81. The largest absolute Gasteiger partial charge is 0.383 e. The maximum Gasteiger partial charge on any atom is 0.267 e. The molecule has 196 valence electrons. The highest BCUT2D eigenvalue weighted by Gasteiger charge is 2.25. The van der Waals surface area contributed by atoms with Gasteiger partial charge in [0.2, 0.25) is 0 Å². The zero-order chi connectivity index (χ0) is 27.8. The minimum Gasteiger partial charge on any atom is -0.383 e. The molecule has 40 heavy (non-hydrogen) atoms. The molecule has 1 aromatic carbocycles. The van der Waals surface area contributed by atoms with Crippen LogP contribution in [0.25, 0.3) is 27.0 Å². The predicted octanol–water partition coefficient (Wildman–Crippen LogP) is 3.57. The Kier molecular flexibility index (Phi) is 6.30. The first kappa shape index (κ1) is 25.0. The standard InChI is InChI=1S/C29H22N8O2S/c1-17(34-27(38)23-25-20(9-6-12-31-25)14-32-26(23)30)24-22(19-7-4-3-5-8-19)28(39)37-21(16-40-29(37)35-24)11-10-18-13-33-36(2)15-18/h3-9,12-17H,1-2H3,(H2,30,32)(H,34,38)/t17-/m0/s1. The number of nitrogens with one attached hydrogen (secondary N) is 1. The number of benzene rings is 1. The highest BCUT2D eigenvalue weighted by molar-refractivity contribution is 7.15. The van der Waals surface area contributed by atoms with Crippen molar-refractivity contribution in [2.24, 2.45) is 7.05 Å². The number of carbonyl (C=O) groups excluding carboxylic acids is 1. The highest BCUT2D eigenvalue weighted by Crippen LogP contribution is 2.27. The number of thiazole rings is 1. The number of hydrogen-bond acceptors (Lipinski definition) is 8. The lowest BCUT2D eigenvalue weighted by Gasteiger charge is -2.18. The molecule has 1 atom stereocenters. The average molecular weight is 547 g/mol. The van der Waals surface area contributed by atoms with Gasteiger partial charge in [0.05, 0.1) is 34.6 Å². The SMILES string of the molecule is C[C@H](NC(=O)c1c(N)ncc2cccnc12)c1nc2scc(C#Cc3cnn(C)c3)n2c(=O)c1-c1ccccc1. The summed E-state index contributed by atoms with van der Waals surface area (Å²) in [5.74, 6) is 5.73. The number of nitrogens with two attached hydrogens (primary N) is 1. The second kappa shape index (κ2) is 10.1. The minimum atomic E-state index is -0.647. The van der Waals surface area contributed by atoms with E-state index in [0.29, 0.717) is 38.4 Å². The number of fused-ring (bicyclic) bond motifs is 2. The maximum absolute atomic E-state index is 14.0. The lowest BCUT2D eigenvalue weighted by molar-refractivity contribution is 0.0941. The number of nitrogen functional groups attached to an aromatic ring is 1. The molecule has 0 saturated heterocycles. The molecule has 0 bridgehead atoms. The average Bonchev–Trinajstić information content (AvgIpc) is 3.57. The number of rotatable bonds is 4. The van der Waals surface area contributed by atoms with Gasteiger partial charge in [-0.2, -0.15) is 5.10 Å². The van der Waals surface area contributed by atoms with E-state index in [4.69, 9.17) is 10.7 Å². The van der Waals surface area contributed by atoms with E-state index < -0.39 is 11.9 Å². The van der Waals surface area contributed by atoms with E-state index in [1.54, 1.807) is 47.8 Å². The molecule has 5 heterocycles. The van der Waals surface area contributed by atoms with Crippen molar-refractivity contribution >= 4 is 38.9 Å². The smallest absolute Gasteiger partial charge is 0.267 e. The van der Waals surface area contributed by atoms with Gasteiger partial charge < -0.3 is 11.1 Å². The van der Waals surface area contributed by atoms with Crippen LogP contribution in [-0.4, -0.2) is 35.0 Å². The van der Waals surface area contributed by atoms with Crippen LogP contribution in [-0.2, 0) is 7.05 Å².